The van der Waals surface area contributed by atoms with Crippen LogP contribution in [0.1, 0.15) is 18.4 Å². The minimum atomic E-state index is -0.179. The van der Waals surface area contributed by atoms with E-state index in [1.54, 1.807) is 19.2 Å². The summed E-state index contributed by atoms with van der Waals surface area (Å²) in [4.78, 5) is 6.63. The molecule has 0 amide bonds. The third kappa shape index (κ3) is 7.48. The van der Waals surface area contributed by atoms with Crippen LogP contribution in [0, 0.1) is 11.7 Å². The molecule has 23 heavy (non-hydrogen) atoms. The molecule has 1 aromatic rings. The molecule has 2 rings (SSSR count). The molecule has 130 valence electrons. The largest absolute Gasteiger partial charge is 0.356 e. The van der Waals surface area contributed by atoms with Gasteiger partial charge in [-0.25, -0.2) is 4.39 Å². The van der Waals surface area contributed by atoms with E-state index in [0.29, 0.717) is 5.92 Å². The molecular weight excluding hydrogens is 406 g/mol. The SMILES string of the molecule is CN=C(NCCc1cccc(F)c1)NCC1CCCN(C)C1.I. The molecule has 1 aliphatic rings. The first-order chi connectivity index (χ1) is 10.7. The van der Waals surface area contributed by atoms with Gasteiger partial charge in [0.2, 0.25) is 0 Å². The van der Waals surface area contributed by atoms with Crippen LogP contribution in [0.3, 0.4) is 0 Å². The quantitative estimate of drug-likeness (QED) is 0.425. The minimum Gasteiger partial charge on any atom is -0.356 e. The molecular formula is C17H28FIN4. The molecule has 1 aromatic carbocycles. The molecule has 1 aliphatic heterocycles. The summed E-state index contributed by atoms with van der Waals surface area (Å²) in [7, 11) is 3.96. The van der Waals surface area contributed by atoms with E-state index in [0.717, 1.165) is 37.6 Å². The normalized spacial score (nSPS) is 19.1. The number of likely N-dealkylation sites (tertiary alicyclic amines) is 1. The number of rotatable bonds is 5. The van der Waals surface area contributed by atoms with E-state index < -0.39 is 0 Å². The van der Waals surface area contributed by atoms with E-state index >= 15 is 0 Å². The molecule has 1 saturated heterocycles. The molecule has 0 spiro atoms. The van der Waals surface area contributed by atoms with Gasteiger partial charge in [0.1, 0.15) is 5.82 Å². The summed E-state index contributed by atoms with van der Waals surface area (Å²) in [6.07, 6.45) is 3.33. The first-order valence-corrected chi connectivity index (χ1v) is 8.05. The van der Waals surface area contributed by atoms with E-state index in [2.05, 4.69) is 27.6 Å². The molecule has 2 N–H and O–H groups in total. The summed E-state index contributed by atoms with van der Waals surface area (Å²) in [6.45, 7) is 4.04. The Bertz CT molecular complexity index is 495. The van der Waals surface area contributed by atoms with Crippen LogP contribution in [0.5, 0.6) is 0 Å². The molecule has 1 atom stereocenters. The second-order valence-electron chi connectivity index (χ2n) is 6.03. The van der Waals surface area contributed by atoms with Crippen LogP contribution in [0.2, 0.25) is 0 Å². The summed E-state index contributed by atoms with van der Waals surface area (Å²) in [5.41, 5.74) is 0.997. The van der Waals surface area contributed by atoms with Crippen molar-refractivity contribution >= 4 is 29.9 Å². The number of nitrogens with zero attached hydrogens (tertiary/aromatic N) is 2. The van der Waals surface area contributed by atoms with Crippen LogP contribution in [0.4, 0.5) is 4.39 Å². The van der Waals surface area contributed by atoms with Gasteiger partial charge < -0.3 is 15.5 Å². The fourth-order valence-corrected chi connectivity index (χ4v) is 2.92. The van der Waals surface area contributed by atoms with Crippen molar-refractivity contribution in [3.63, 3.8) is 0 Å². The fraction of sp³-hybridized carbons (Fsp3) is 0.588. The molecule has 0 bridgehead atoms. The summed E-state index contributed by atoms with van der Waals surface area (Å²) >= 11 is 0. The second-order valence-corrected chi connectivity index (χ2v) is 6.03. The first kappa shape index (κ1) is 20.2. The molecule has 6 heteroatoms. The number of hydrogen-bond acceptors (Lipinski definition) is 2. The predicted molar refractivity (Wildman–Crippen MR) is 105 cm³/mol. The Balaban J connectivity index is 0.00000264. The van der Waals surface area contributed by atoms with Gasteiger partial charge in [-0.05, 0) is 56.5 Å². The summed E-state index contributed by atoms with van der Waals surface area (Å²) < 4.78 is 13.1. The number of guanidine groups is 1. The zero-order chi connectivity index (χ0) is 15.8. The smallest absolute Gasteiger partial charge is 0.190 e. The molecule has 0 aliphatic carbocycles. The number of halogens is 2. The van der Waals surface area contributed by atoms with Crippen LogP contribution < -0.4 is 10.6 Å². The standard InChI is InChI=1S/C17H27FN4.HI/c1-19-17(21-12-15-6-4-10-22(2)13-15)20-9-8-14-5-3-7-16(18)11-14;/h3,5,7,11,15H,4,6,8-10,12-13H2,1-2H3,(H2,19,20,21);1H. The maximum absolute atomic E-state index is 13.1. The second kappa shape index (κ2) is 10.8. The summed E-state index contributed by atoms with van der Waals surface area (Å²) in [5, 5.41) is 6.69. The van der Waals surface area contributed by atoms with Crippen molar-refractivity contribution in [2.45, 2.75) is 19.3 Å². The highest BCUT2D eigenvalue weighted by atomic mass is 127. The maximum Gasteiger partial charge on any atom is 0.190 e. The monoisotopic (exact) mass is 434 g/mol. The lowest BCUT2D eigenvalue weighted by molar-refractivity contribution is 0.210. The van der Waals surface area contributed by atoms with Gasteiger partial charge in [-0.1, -0.05) is 12.1 Å². The van der Waals surface area contributed by atoms with E-state index in [9.17, 15) is 4.39 Å². The number of benzene rings is 1. The van der Waals surface area contributed by atoms with Crippen LogP contribution >= 0.6 is 24.0 Å². The van der Waals surface area contributed by atoms with Gasteiger partial charge in [0.15, 0.2) is 5.96 Å². The van der Waals surface area contributed by atoms with E-state index in [-0.39, 0.29) is 29.8 Å². The van der Waals surface area contributed by atoms with Gasteiger partial charge in [-0.3, -0.25) is 4.99 Å². The van der Waals surface area contributed by atoms with Gasteiger partial charge in [0.25, 0.3) is 0 Å². The van der Waals surface area contributed by atoms with Gasteiger partial charge in [0.05, 0.1) is 0 Å². The van der Waals surface area contributed by atoms with Gasteiger partial charge in [-0.2, -0.15) is 0 Å². The Kier molecular flexibility index (Phi) is 9.47. The number of piperidine rings is 1. The van der Waals surface area contributed by atoms with Crippen molar-refractivity contribution < 1.29 is 4.39 Å². The topological polar surface area (TPSA) is 39.7 Å². The Morgan fingerprint density at radius 1 is 1.39 bits per heavy atom. The lowest BCUT2D eigenvalue weighted by atomic mass is 9.99. The van der Waals surface area contributed by atoms with Crippen molar-refractivity contribution in [2.24, 2.45) is 10.9 Å². The molecule has 1 fully saturated rings. The molecule has 1 heterocycles. The fourth-order valence-electron chi connectivity index (χ4n) is 2.92. The lowest BCUT2D eigenvalue weighted by Crippen LogP contribution is -2.44. The minimum absolute atomic E-state index is 0. The van der Waals surface area contributed by atoms with Crippen molar-refractivity contribution in [1.29, 1.82) is 0 Å². The van der Waals surface area contributed by atoms with Crippen LogP contribution in [-0.2, 0) is 6.42 Å². The number of nitrogens with one attached hydrogen (secondary N) is 2. The molecule has 1 unspecified atom stereocenters. The van der Waals surface area contributed by atoms with Gasteiger partial charge in [-0.15, -0.1) is 24.0 Å². The average Bonchev–Trinajstić information content (AvgIpc) is 2.51. The van der Waals surface area contributed by atoms with Crippen molar-refractivity contribution in [1.82, 2.24) is 15.5 Å². The summed E-state index contributed by atoms with van der Waals surface area (Å²) in [5.74, 6) is 1.33. The van der Waals surface area contributed by atoms with Gasteiger partial charge in [0, 0.05) is 26.7 Å². The third-order valence-electron chi connectivity index (χ3n) is 4.10. The highest BCUT2D eigenvalue weighted by Crippen LogP contribution is 2.13. The highest BCUT2D eigenvalue weighted by molar-refractivity contribution is 14.0. The Morgan fingerprint density at radius 2 is 2.22 bits per heavy atom. The van der Waals surface area contributed by atoms with E-state index in [4.69, 9.17) is 0 Å². The third-order valence-corrected chi connectivity index (χ3v) is 4.10. The predicted octanol–water partition coefficient (Wildman–Crippen LogP) is 2.49. The lowest BCUT2D eigenvalue weighted by Gasteiger charge is -2.30. The van der Waals surface area contributed by atoms with Gasteiger partial charge >= 0.3 is 0 Å². The zero-order valence-corrected chi connectivity index (χ0v) is 16.3. The van der Waals surface area contributed by atoms with Crippen molar-refractivity contribution in [3.05, 3.63) is 35.6 Å². The van der Waals surface area contributed by atoms with Crippen molar-refractivity contribution in [2.75, 3.05) is 40.3 Å². The molecule has 0 radical (unpaired) electrons. The molecule has 0 aromatic heterocycles. The molecule has 0 saturated carbocycles. The van der Waals surface area contributed by atoms with Crippen molar-refractivity contribution in [3.8, 4) is 0 Å². The average molecular weight is 434 g/mol. The number of aliphatic imine (C=N–C) groups is 1. The molecule has 4 nitrogen and oxygen atoms in total. The first-order valence-electron chi connectivity index (χ1n) is 8.05. The van der Waals surface area contributed by atoms with E-state index in [1.807, 2.05) is 6.07 Å². The van der Waals surface area contributed by atoms with E-state index in [1.165, 1.54) is 25.5 Å². The van der Waals surface area contributed by atoms with Crippen LogP contribution in [0.15, 0.2) is 29.3 Å². The number of hydrogen-bond donors (Lipinski definition) is 2. The van der Waals surface area contributed by atoms with Crippen LogP contribution in [-0.4, -0.2) is 51.1 Å². The zero-order valence-electron chi connectivity index (χ0n) is 14.0. The Labute approximate surface area is 156 Å². The Hall–Kier alpha value is -0.890. The maximum atomic E-state index is 13.1. The Morgan fingerprint density at radius 3 is 2.91 bits per heavy atom. The summed E-state index contributed by atoms with van der Waals surface area (Å²) in [6, 6.07) is 6.74. The van der Waals surface area contributed by atoms with Crippen LogP contribution in [0.25, 0.3) is 0 Å². The highest BCUT2D eigenvalue weighted by Gasteiger charge is 2.17.